The summed E-state index contributed by atoms with van der Waals surface area (Å²) in [4.78, 5) is 38.0. The molecule has 1 saturated heterocycles. The molecule has 1 aromatic carbocycles. The summed E-state index contributed by atoms with van der Waals surface area (Å²) in [6.07, 6.45) is 4.82. The lowest BCUT2D eigenvalue weighted by Gasteiger charge is -2.29. The predicted octanol–water partition coefficient (Wildman–Crippen LogP) is 0.906. The van der Waals surface area contributed by atoms with Gasteiger partial charge in [0, 0.05) is 30.0 Å². The van der Waals surface area contributed by atoms with Crippen LogP contribution in [0.2, 0.25) is 0 Å². The maximum absolute atomic E-state index is 12.8. The van der Waals surface area contributed by atoms with Crippen LogP contribution < -0.4 is 5.32 Å². The summed E-state index contributed by atoms with van der Waals surface area (Å²) < 4.78 is 1.72. The summed E-state index contributed by atoms with van der Waals surface area (Å²) in [7, 11) is 0. The number of imide groups is 1. The number of carbonyl (C=O) groups excluding carboxylic acids is 3. The fourth-order valence-corrected chi connectivity index (χ4v) is 3.74. The van der Waals surface area contributed by atoms with Crippen LogP contribution in [0.25, 0.3) is 5.69 Å². The molecule has 26 heavy (non-hydrogen) atoms. The molecule has 2 aliphatic heterocycles. The third-order valence-corrected chi connectivity index (χ3v) is 5.31. The summed E-state index contributed by atoms with van der Waals surface area (Å²) in [6.45, 7) is 0.329. The van der Waals surface area contributed by atoms with Gasteiger partial charge < -0.3 is 4.90 Å². The SMILES string of the molecule is O=C1CCC(N2Cc3c(cccc3-n3cc(C4CC4)nn3)C2=O)C(=O)N1. The number of hydrogen-bond acceptors (Lipinski definition) is 5. The number of nitrogens with one attached hydrogen (secondary N) is 1. The van der Waals surface area contributed by atoms with Gasteiger partial charge >= 0.3 is 0 Å². The number of fused-ring (bicyclic) bond motifs is 1. The van der Waals surface area contributed by atoms with Crippen LogP contribution >= 0.6 is 0 Å². The average Bonchev–Trinajstić information content (AvgIpc) is 3.27. The molecular formula is C18H17N5O3. The van der Waals surface area contributed by atoms with Crippen molar-refractivity contribution in [2.24, 2.45) is 0 Å². The first-order chi connectivity index (χ1) is 12.6. The van der Waals surface area contributed by atoms with Crippen LogP contribution in [0.15, 0.2) is 24.4 Å². The van der Waals surface area contributed by atoms with E-state index in [1.807, 2.05) is 18.3 Å². The van der Waals surface area contributed by atoms with E-state index in [0.717, 1.165) is 29.8 Å². The van der Waals surface area contributed by atoms with Crippen molar-refractivity contribution in [2.45, 2.75) is 44.2 Å². The van der Waals surface area contributed by atoms with Crippen molar-refractivity contribution >= 4 is 17.7 Å². The zero-order valence-electron chi connectivity index (χ0n) is 14.0. The Morgan fingerprint density at radius 1 is 1.12 bits per heavy atom. The number of amides is 3. The number of aromatic nitrogens is 3. The van der Waals surface area contributed by atoms with E-state index in [0.29, 0.717) is 24.4 Å². The van der Waals surface area contributed by atoms with E-state index in [9.17, 15) is 14.4 Å². The van der Waals surface area contributed by atoms with Crippen LogP contribution in [0.5, 0.6) is 0 Å². The van der Waals surface area contributed by atoms with Crippen LogP contribution in [-0.2, 0) is 16.1 Å². The second kappa shape index (κ2) is 5.48. The standard InChI is InChI=1S/C18H17N5O3/c24-16-7-6-15(17(25)19-16)22-8-12-11(18(22)26)2-1-3-14(12)23-9-13(20-21-23)10-4-5-10/h1-3,9-10,15H,4-8H2,(H,19,24,25). The van der Waals surface area contributed by atoms with Gasteiger partial charge in [0.05, 0.1) is 17.6 Å². The summed E-state index contributed by atoms with van der Waals surface area (Å²) in [5.41, 5.74) is 3.21. The minimum Gasteiger partial charge on any atom is -0.322 e. The molecule has 1 unspecified atom stereocenters. The van der Waals surface area contributed by atoms with Gasteiger partial charge in [-0.1, -0.05) is 11.3 Å². The van der Waals surface area contributed by atoms with Gasteiger partial charge in [0.1, 0.15) is 6.04 Å². The lowest BCUT2D eigenvalue weighted by atomic mass is 10.0. The molecule has 8 heteroatoms. The fourth-order valence-electron chi connectivity index (χ4n) is 3.74. The minimum absolute atomic E-state index is 0.182. The maximum Gasteiger partial charge on any atom is 0.255 e. The number of hydrogen-bond donors (Lipinski definition) is 1. The Hall–Kier alpha value is -3.03. The summed E-state index contributed by atoms with van der Waals surface area (Å²) >= 11 is 0. The Balaban J connectivity index is 1.48. The Labute approximate surface area is 149 Å². The van der Waals surface area contributed by atoms with Crippen molar-refractivity contribution < 1.29 is 14.4 Å². The van der Waals surface area contributed by atoms with Crippen molar-refractivity contribution in [3.63, 3.8) is 0 Å². The zero-order chi connectivity index (χ0) is 17.8. The zero-order valence-corrected chi connectivity index (χ0v) is 14.0. The van der Waals surface area contributed by atoms with Crippen LogP contribution in [0.4, 0.5) is 0 Å². The second-order valence-corrected chi connectivity index (χ2v) is 7.07. The summed E-state index contributed by atoms with van der Waals surface area (Å²) in [5, 5.41) is 10.8. The van der Waals surface area contributed by atoms with Crippen molar-refractivity contribution in [3.05, 3.63) is 41.2 Å². The molecule has 2 aromatic rings. The number of nitrogens with zero attached hydrogens (tertiary/aromatic N) is 4. The van der Waals surface area contributed by atoms with Gasteiger partial charge in [-0.3, -0.25) is 19.7 Å². The normalized spacial score (nSPS) is 22.5. The number of carbonyl (C=O) groups is 3. The fraction of sp³-hybridized carbons (Fsp3) is 0.389. The Bertz CT molecular complexity index is 946. The van der Waals surface area contributed by atoms with E-state index in [1.54, 1.807) is 15.6 Å². The Morgan fingerprint density at radius 2 is 1.96 bits per heavy atom. The lowest BCUT2D eigenvalue weighted by molar-refractivity contribution is -0.136. The van der Waals surface area contributed by atoms with Gasteiger partial charge in [-0.2, -0.15) is 0 Å². The third-order valence-electron chi connectivity index (χ3n) is 5.31. The van der Waals surface area contributed by atoms with Gasteiger partial charge in [0.25, 0.3) is 5.91 Å². The molecule has 3 heterocycles. The molecular weight excluding hydrogens is 334 g/mol. The number of rotatable bonds is 3. The summed E-state index contributed by atoms with van der Waals surface area (Å²) in [5.74, 6) is -0.368. The van der Waals surface area contributed by atoms with Crippen LogP contribution in [0.1, 0.15) is 53.2 Å². The van der Waals surface area contributed by atoms with Crippen LogP contribution in [0.3, 0.4) is 0 Å². The molecule has 0 bridgehead atoms. The highest BCUT2D eigenvalue weighted by atomic mass is 16.2. The highest BCUT2D eigenvalue weighted by Gasteiger charge is 2.40. The smallest absolute Gasteiger partial charge is 0.255 e. The molecule has 3 amide bonds. The van der Waals surface area contributed by atoms with Crippen LogP contribution in [0, 0.1) is 0 Å². The molecule has 3 aliphatic rings. The predicted molar refractivity (Wildman–Crippen MR) is 89.4 cm³/mol. The van der Waals surface area contributed by atoms with Gasteiger partial charge in [-0.05, 0) is 31.4 Å². The van der Waals surface area contributed by atoms with Gasteiger partial charge in [0.2, 0.25) is 11.8 Å². The van der Waals surface area contributed by atoms with E-state index in [-0.39, 0.29) is 18.2 Å². The summed E-state index contributed by atoms with van der Waals surface area (Å²) in [6, 6.07) is 4.88. The first-order valence-corrected chi connectivity index (χ1v) is 8.81. The molecule has 1 N–H and O–H groups in total. The van der Waals surface area contributed by atoms with E-state index < -0.39 is 11.9 Å². The van der Waals surface area contributed by atoms with Crippen molar-refractivity contribution in [1.29, 1.82) is 0 Å². The maximum atomic E-state index is 12.8. The molecule has 1 aromatic heterocycles. The van der Waals surface area contributed by atoms with Gasteiger partial charge in [-0.15, -0.1) is 5.10 Å². The second-order valence-electron chi connectivity index (χ2n) is 7.07. The topological polar surface area (TPSA) is 97.2 Å². The van der Waals surface area contributed by atoms with Crippen molar-refractivity contribution in [3.8, 4) is 5.69 Å². The van der Waals surface area contributed by atoms with Gasteiger partial charge in [-0.25, -0.2) is 4.68 Å². The molecule has 1 atom stereocenters. The average molecular weight is 351 g/mol. The van der Waals surface area contributed by atoms with Crippen molar-refractivity contribution in [1.82, 2.24) is 25.2 Å². The van der Waals surface area contributed by atoms with Crippen LogP contribution in [-0.4, -0.2) is 43.7 Å². The lowest BCUT2D eigenvalue weighted by Crippen LogP contribution is -2.52. The van der Waals surface area contributed by atoms with E-state index in [4.69, 9.17) is 0 Å². The van der Waals surface area contributed by atoms with Crippen molar-refractivity contribution in [2.75, 3.05) is 0 Å². The first-order valence-electron chi connectivity index (χ1n) is 8.81. The van der Waals surface area contributed by atoms with E-state index in [2.05, 4.69) is 15.6 Å². The Morgan fingerprint density at radius 3 is 2.73 bits per heavy atom. The number of piperidine rings is 1. The molecule has 2 fully saturated rings. The minimum atomic E-state index is -0.613. The molecule has 8 nitrogen and oxygen atoms in total. The third kappa shape index (κ3) is 2.33. The molecule has 1 aliphatic carbocycles. The Kier molecular flexibility index (Phi) is 3.22. The quantitative estimate of drug-likeness (QED) is 0.829. The molecule has 132 valence electrons. The van der Waals surface area contributed by atoms with E-state index in [1.165, 1.54) is 0 Å². The molecule has 1 saturated carbocycles. The molecule has 0 radical (unpaired) electrons. The highest BCUT2D eigenvalue weighted by molar-refractivity contribution is 6.05. The highest BCUT2D eigenvalue weighted by Crippen LogP contribution is 2.39. The van der Waals surface area contributed by atoms with E-state index >= 15 is 0 Å². The molecule has 5 rings (SSSR count). The monoisotopic (exact) mass is 351 g/mol. The molecule has 0 spiro atoms. The number of benzene rings is 1. The van der Waals surface area contributed by atoms with Gasteiger partial charge in [0.15, 0.2) is 0 Å². The first kappa shape index (κ1) is 15.2. The largest absolute Gasteiger partial charge is 0.322 e.